The molecule has 2 heterocycles. The van der Waals surface area contributed by atoms with E-state index in [1.807, 2.05) is 6.07 Å². The second kappa shape index (κ2) is 7.40. The first-order valence-electron chi connectivity index (χ1n) is 9.07. The van der Waals surface area contributed by atoms with Crippen molar-refractivity contribution in [3.8, 4) is 0 Å². The van der Waals surface area contributed by atoms with Crippen LogP contribution in [0.5, 0.6) is 0 Å². The molecule has 29 heavy (non-hydrogen) atoms. The maximum atomic E-state index is 12.9. The summed E-state index contributed by atoms with van der Waals surface area (Å²) in [6.45, 7) is -0.0822. The van der Waals surface area contributed by atoms with Gasteiger partial charge in [-0.15, -0.1) is 0 Å². The van der Waals surface area contributed by atoms with E-state index >= 15 is 0 Å². The minimum absolute atomic E-state index is 0.0403. The molecule has 0 aliphatic carbocycles. The highest BCUT2D eigenvalue weighted by Gasteiger charge is 2.34. The minimum atomic E-state index is -0.625. The number of ether oxygens (including phenoxy) is 1. The highest BCUT2D eigenvalue weighted by molar-refractivity contribution is 6.10. The molecule has 3 aromatic rings. The van der Waals surface area contributed by atoms with Gasteiger partial charge in [0.2, 0.25) is 0 Å². The number of anilines is 1. The Labute approximate surface area is 165 Å². The summed E-state index contributed by atoms with van der Waals surface area (Å²) in [6.07, 6.45) is 0. The first-order valence-corrected chi connectivity index (χ1v) is 9.07. The SMILES string of the molecule is COC(=O)C1=C(Nc2cccc3c(=O)c4ccccc4[nH]c23)C(=O)N(CCO)C1. The number of aliphatic hydroxyl groups excluding tert-OH is 1. The molecule has 1 aromatic heterocycles. The predicted molar refractivity (Wildman–Crippen MR) is 108 cm³/mol. The minimum Gasteiger partial charge on any atom is -0.466 e. The lowest BCUT2D eigenvalue weighted by atomic mass is 10.1. The van der Waals surface area contributed by atoms with Crippen LogP contribution in [0.15, 0.2) is 58.5 Å². The van der Waals surface area contributed by atoms with Gasteiger partial charge in [0.25, 0.3) is 5.91 Å². The van der Waals surface area contributed by atoms with Gasteiger partial charge >= 0.3 is 5.97 Å². The fraction of sp³-hybridized carbons (Fsp3) is 0.190. The van der Waals surface area contributed by atoms with Gasteiger partial charge in [-0.05, 0) is 24.3 Å². The van der Waals surface area contributed by atoms with Crippen molar-refractivity contribution in [2.24, 2.45) is 0 Å². The molecule has 8 heteroatoms. The number of nitrogens with zero attached hydrogens (tertiary/aromatic N) is 1. The number of H-pyrrole nitrogens is 1. The molecule has 0 saturated heterocycles. The van der Waals surface area contributed by atoms with Gasteiger partial charge < -0.3 is 25.0 Å². The Morgan fingerprint density at radius 2 is 1.93 bits per heavy atom. The number of para-hydroxylation sites is 2. The number of benzene rings is 2. The second-order valence-electron chi connectivity index (χ2n) is 6.65. The van der Waals surface area contributed by atoms with E-state index in [4.69, 9.17) is 4.74 Å². The van der Waals surface area contributed by atoms with Crippen LogP contribution in [0.3, 0.4) is 0 Å². The molecule has 3 N–H and O–H groups in total. The molecule has 0 radical (unpaired) electrons. The Bertz CT molecular complexity index is 1230. The fourth-order valence-electron chi connectivity index (χ4n) is 3.53. The molecule has 1 aliphatic heterocycles. The van der Waals surface area contributed by atoms with Crippen LogP contribution in [0.2, 0.25) is 0 Å². The zero-order valence-electron chi connectivity index (χ0n) is 15.7. The lowest BCUT2D eigenvalue weighted by Crippen LogP contribution is -2.31. The van der Waals surface area contributed by atoms with Gasteiger partial charge in [0.15, 0.2) is 5.43 Å². The normalized spacial score (nSPS) is 14.1. The Balaban J connectivity index is 1.85. The molecule has 0 spiro atoms. The van der Waals surface area contributed by atoms with E-state index < -0.39 is 11.9 Å². The summed E-state index contributed by atoms with van der Waals surface area (Å²) in [5.41, 5.74) is 1.81. The topological polar surface area (TPSA) is 112 Å². The molecule has 8 nitrogen and oxygen atoms in total. The second-order valence-corrected chi connectivity index (χ2v) is 6.65. The zero-order valence-corrected chi connectivity index (χ0v) is 15.7. The van der Waals surface area contributed by atoms with Crippen molar-refractivity contribution in [3.63, 3.8) is 0 Å². The monoisotopic (exact) mass is 393 g/mol. The van der Waals surface area contributed by atoms with E-state index in [1.165, 1.54) is 12.0 Å². The highest BCUT2D eigenvalue weighted by Crippen LogP contribution is 2.27. The number of aromatic amines is 1. The number of aromatic nitrogens is 1. The van der Waals surface area contributed by atoms with Crippen LogP contribution in [0.25, 0.3) is 21.8 Å². The number of fused-ring (bicyclic) bond motifs is 2. The molecule has 2 aromatic carbocycles. The molecule has 0 atom stereocenters. The highest BCUT2D eigenvalue weighted by atomic mass is 16.5. The summed E-state index contributed by atoms with van der Waals surface area (Å²) < 4.78 is 4.81. The third kappa shape index (κ3) is 3.13. The number of aliphatic hydroxyl groups is 1. The Morgan fingerprint density at radius 1 is 1.17 bits per heavy atom. The van der Waals surface area contributed by atoms with Crippen LogP contribution in [0.4, 0.5) is 5.69 Å². The van der Waals surface area contributed by atoms with Gasteiger partial charge in [-0.3, -0.25) is 9.59 Å². The van der Waals surface area contributed by atoms with E-state index in [-0.39, 0.29) is 36.4 Å². The number of carbonyl (C=O) groups is 2. The number of hydrogen-bond acceptors (Lipinski definition) is 6. The van der Waals surface area contributed by atoms with Gasteiger partial charge in [0, 0.05) is 22.8 Å². The summed E-state index contributed by atoms with van der Waals surface area (Å²) in [7, 11) is 1.24. The van der Waals surface area contributed by atoms with Crippen molar-refractivity contribution < 1.29 is 19.4 Å². The van der Waals surface area contributed by atoms with Gasteiger partial charge in [0.1, 0.15) is 5.70 Å². The molecule has 148 valence electrons. The molecular weight excluding hydrogens is 374 g/mol. The van der Waals surface area contributed by atoms with Crippen molar-refractivity contribution in [2.45, 2.75) is 0 Å². The lowest BCUT2D eigenvalue weighted by Gasteiger charge is -2.15. The fourth-order valence-corrected chi connectivity index (χ4v) is 3.53. The predicted octanol–water partition coefficient (Wildman–Crippen LogP) is 1.35. The van der Waals surface area contributed by atoms with Gasteiger partial charge in [-0.2, -0.15) is 0 Å². The van der Waals surface area contributed by atoms with Crippen LogP contribution in [-0.4, -0.2) is 53.7 Å². The van der Waals surface area contributed by atoms with E-state index in [0.29, 0.717) is 27.5 Å². The molecule has 1 aliphatic rings. The van der Waals surface area contributed by atoms with Crippen LogP contribution in [0.1, 0.15) is 0 Å². The number of pyridine rings is 1. The lowest BCUT2D eigenvalue weighted by molar-refractivity contribution is -0.136. The summed E-state index contributed by atoms with van der Waals surface area (Å²) in [5.74, 6) is -1.04. The number of esters is 1. The van der Waals surface area contributed by atoms with Crippen molar-refractivity contribution in [1.29, 1.82) is 0 Å². The molecule has 1 amide bonds. The van der Waals surface area contributed by atoms with E-state index in [2.05, 4.69) is 10.3 Å². The van der Waals surface area contributed by atoms with E-state index in [1.54, 1.807) is 36.4 Å². The maximum absolute atomic E-state index is 12.9. The average Bonchev–Trinajstić information content (AvgIpc) is 3.04. The molecule has 0 fully saturated rings. The first-order chi connectivity index (χ1) is 14.0. The smallest absolute Gasteiger partial charge is 0.337 e. The van der Waals surface area contributed by atoms with Crippen molar-refractivity contribution in [2.75, 3.05) is 32.1 Å². The van der Waals surface area contributed by atoms with Gasteiger partial charge in [-0.1, -0.05) is 18.2 Å². The average molecular weight is 393 g/mol. The van der Waals surface area contributed by atoms with Crippen LogP contribution >= 0.6 is 0 Å². The molecule has 0 saturated carbocycles. The quantitative estimate of drug-likeness (QED) is 0.446. The molecule has 0 unspecified atom stereocenters. The summed E-state index contributed by atoms with van der Waals surface area (Å²) >= 11 is 0. The number of carbonyl (C=O) groups excluding carboxylic acids is 2. The standard InChI is InChI=1S/C21H19N3O5/c1-29-21(28)14-11-24(9-10-25)20(27)18(14)23-16-8-4-6-13-17(16)22-15-7-3-2-5-12(15)19(13)26/h2-8,23,25H,9-11H2,1H3,(H,22,26). The van der Waals surface area contributed by atoms with Gasteiger partial charge in [-0.25, -0.2) is 4.79 Å². The summed E-state index contributed by atoms with van der Waals surface area (Å²) in [4.78, 5) is 42.4. The largest absolute Gasteiger partial charge is 0.466 e. The van der Waals surface area contributed by atoms with Gasteiger partial charge in [0.05, 0.1) is 37.0 Å². The third-order valence-electron chi connectivity index (χ3n) is 4.95. The van der Waals surface area contributed by atoms with Crippen molar-refractivity contribution in [3.05, 3.63) is 64.0 Å². The molecular formula is C21H19N3O5. The van der Waals surface area contributed by atoms with Crippen LogP contribution in [0, 0.1) is 0 Å². The number of β-amino-alcohol motifs (C(OH)–C–C–N with tert-alkyl or cyclic N) is 1. The van der Waals surface area contributed by atoms with E-state index in [0.717, 1.165) is 0 Å². The van der Waals surface area contributed by atoms with Crippen molar-refractivity contribution >= 4 is 39.4 Å². The van der Waals surface area contributed by atoms with Crippen LogP contribution < -0.4 is 10.7 Å². The summed E-state index contributed by atoms with van der Waals surface area (Å²) in [6, 6.07) is 12.3. The Morgan fingerprint density at radius 3 is 2.69 bits per heavy atom. The number of nitrogens with one attached hydrogen (secondary N) is 2. The van der Waals surface area contributed by atoms with Crippen LogP contribution in [-0.2, 0) is 14.3 Å². The molecule has 0 bridgehead atoms. The third-order valence-corrected chi connectivity index (χ3v) is 4.95. The zero-order chi connectivity index (χ0) is 20.5. The van der Waals surface area contributed by atoms with E-state index in [9.17, 15) is 19.5 Å². The molecule has 4 rings (SSSR count). The summed E-state index contributed by atoms with van der Waals surface area (Å²) in [5, 5.41) is 13.2. The number of hydrogen-bond donors (Lipinski definition) is 3. The maximum Gasteiger partial charge on any atom is 0.337 e. The Kier molecular flexibility index (Phi) is 4.77. The van der Waals surface area contributed by atoms with Crippen molar-refractivity contribution in [1.82, 2.24) is 9.88 Å². The Hall–Kier alpha value is -3.65. The number of amides is 1. The first kappa shape index (κ1) is 18.7. The number of methoxy groups -OCH3 is 1. The number of rotatable bonds is 5.